The zero-order chi connectivity index (χ0) is 14.7. The van der Waals surface area contributed by atoms with Gasteiger partial charge in [0.15, 0.2) is 0 Å². The van der Waals surface area contributed by atoms with Gasteiger partial charge in [-0.05, 0) is 18.9 Å². The first-order valence-electron chi connectivity index (χ1n) is 7.40. The Morgan fingerprint density at radius 2 is 1.90 bits per heavy atom. The van der Waals surface area contributed by atoms with E-state index in [0.29, 0.717) is 11.9 Å². The monoisotopic (exact) mass is 286 g/mol. The van der Waals surface area contributed by atoms with E-state index in [4.69, 9.17) is 0 Å². The van der Waals surface area contributed by atoms with E-state index >= 15 is 0 Å². The number of nitrogens with zero attached hydrogens (tertiary/aromatic N) is 3. The smallest absolute Gasteiger partial charge is 0.270 e. The molecule has 1 aromatic carbocycles. The maximum atomic E-state index is 10.9. The molecule has 1 fully saturated rings. The first-order chi connectivity index (χ1) is 10.2. The maximum absolute atomic E-state index is 10.9. The van der Waals surface area contributed by atoms with Crippen LogP contribution in [0.5, 0.6) is 0 Å². The fourth-order valence-electron chi connectivity index (χ4n) is 2.89. The molecule has 0 bridgehead atoms. The van der Waals surface area contributed by atoms with Crippen LogP contribution in [-0.2, 0) is 0 Å². The lowest BCUT2D eigenvalue weighted by Gasteiger charge is -2.17. The van der Waals surface area contributed by atoms with Crippen LogP contribution in [0.1, 0.15) is 38.5 Å². The minimum Gasteiger partial charge on any atom is -0.367 e. The van der Waals surface area contributed by atoms with Crippen molar-refractivity contribution in [3.05, 3.63) is 34.6 Å². The summed E-state index contributed by atoms with van der Waals surface area (Å²) in [6.07, 6.45) is 8.78. The predicted octanol–water partition coefficient (Wildman–Crippen LogP) is 3.67. The number of hydrogen-bond donors (Lipinski definition) is 1. The van der Waals surface area contributed by atoms with E-state index in [1.165, 1.54) is 38.1 Å². The summed E-state index contributed by atoms with van der Waals surface area (Å²) in [7, 11) is 0. The van der Waals surface area contributed by atoms with Crippen LogP contribution in [0.4, 0.5) is 11.5 Å². The number of benzene rings is 1. The van der Waals surface area contributed by atoms with E-state index in [0.717, 1.165) is 23.7 Å². The Bertz CT molecular complexity index is 651. The third-order valence-electron chi connectivity index (χ3n) is 4.03. The van der Waals surface area contributed by atoms with Crippen molar-refractivity contribution in [1.82, 2.24) is 9.97 Å². The Morgan fingerprint density at radius 3 is 2.62 bits per heavy atom. The minimum absolute atomic E-state index is 0.0706. The van der Waals surface area contributed by atoms with E-state index in [1.54, 1.807) is 12.1 Å². The molecule has 1 aromatic heterocycles. The van der Waals surface area contributed by atoms with Gasteiger partial charge in [0.25, 0.3) is 5.69 Å². The van der Waals surface area contributed by atoms with Crippen LogP contribution in [0.25, 0.3) is 10.9 Å². The highest BCUT2D eigenvalue weighted by molar-refractivity contribution is 5.90. The van der Waals surface area contributed by atoms with Crippen LogP contribution >= 0.6 is 0 Å². The van der Waals surface area contributed by atoms with E-state index in [-0.39, 0.29) is 10.6 Å². The molecule has 0 unspecified atom stereocenters. The summed E-state index contributed by atoms with van der Waals surface area (Å²) in [6, 6.07) is 5.09. The van der Waals surface area contributed by atoms with Gasteiger partial charge in [-0.2, -0.15) is 0 Å². The Balaban J connectivity index is 1.93. The standard InChI is InChI=1S/C15H18N4O2/c20-19(21)12-7-8-14-13(9-12)15(17-10-16-14)18-11-5-3-1-2-4-6-11/h7-11H,1-6H2,(H,16,17,18). The minimum atomic E-state index is -0.387. The number of nitro benzene ring substituents is 1. The lowest BCUT2D eigenvalue weighted by Crippen LogP contribution is -2.19. The van der Waals surface area contributed by atoms with Gasteiger partial charge in [-0.3, -0.25) is 10.1 Å². The Hall–Kier alpha value is -2.24. The second-order valence-electron chi connectivity index (χ2n) is 5.51. The molecule has 0 spiro atoms. The number of aromatic nitrogens is 2. The van der Waals surface area contributed by atoms with Gasteiger partial charge in [-0.1, -0.05) is 25.7 Å². The molecule has 1 heterocycles. The maximum Gasteiger partial charge on any atom is 0.270 e. The van der Waals surface area contributed by atoms with Gasteiger partial charge in [-0.15, -0.1) is 0 Å². The van der Waals surface area contributed by atoms with Crippen molar-refractivity contribution < 1.29 is 4.92 Å². The van der Waals surface area contributed by atoms with Crippen LogP contribution in [0, 0.1) is 10.1 Å². The van der Waals surface area contributed by atoms with Crippen LogP contribution in [0.15, 0.2) is 24.5 Å². The van der Waals surface area contributed by atoms with Crippen molar-refractivity contribution in [2.45, 2.75) is 44.6 Å². The third kappa shape index (κ3) is 3.09. The molecule has 0 saturated heterocycles. The van der Waals surface area contributed by atoms with Gasteiger partial charge < -0.3 is 5.32 Å². The summed E-state index contributed by atoms with van der Waals surface area (Å²) >= 11 is 0. The van der Waals surface area contributed by atoms with Gasteiger partial charge in [0.05, 0.1) is 10.4 Å². The molecule has 110 valence electrons. The lowest BCUT2D eigenvalue weighted by molar-refractivity contribution is -0.384. The van der Waals surface area contributed by atoms with Gasteiger partial charge in [0.1, 0.15) is 12.1 Å². The van der Waals surface area contributed by atoms with Crippen molar-refractivity contribution in [2.24, 2.45) is 0 Å². The number of nitro groups is 1. The molecule has 6 heteroatoms. The highest BCUT2D eigenvalue weighted by Gasteiger charge is 2.15. The topological polar surface area (TPSA) is 81.0 Å². The van der Waals surface area contributed by atoms with Gasteiger partial charge in [0, 0.05) is 23.6 Å². The SMILES string of the molecule is O=[N+]([O-])c1ccc2ncnc(NC3CCCCCC3)c2c1. The summed E-state index contributed by atoms with van der Waals surface area (Å²) in [6.45, 7) is 0. The number of non-ortho nitro benzene ring substituents is 1. The van der Waals surface area contributed by atoms with Crippen molar-refractivity contribution in [3.8, 4) is 0 Å². The normalized spacial score (nSPS) is 16.6. The Morgan fingerprint density at radius 1 is 1.14 bits per heavy atom. The Labute approximate surface area is 122 Å². The van der Waals surface area contributed by atoms with Crippen LogP contribution in [0.2, 0.25) is 0 Å². The number of fused-ring (bicyclic) bond motifs is 1. The van der Waals surface area contributed by atoms with E-state index in [1.807, 2.05) is 0 Å². The molecule has 1 aliphatic rings. The number of nitrogens with one attached hydrogen (secondary N) is 1. The summed E-state index contributed by atoms with van der Waals surface area (Å²) < 4.78 is 0. The predicted molar refractivity (Wildman–Crippen MR) is 81.3 cm³/mol. The molecule has 3 rings (SSSR count). The summed E-state index contributed by atoms with van der Waals surface area (Å²) in [5.74, 6) is 0.704. The van der Waals surface area contributed by atoms with E-state index in [2.05, 4.69) is 15.3 Å². The van der Waals surface area contributed by atoms with Crippen LogP contribution < -0.4 is 5.32 Å². The van der Waals surface area contributed by atoms with E-state index < -0.39 is 0 Å². The van der Waals surface area contributed by atoms with E-state index in [9.17, 15) is 10.1 Å². The zero-order valence-corrected chi connectivity index (χ0v) is 11.8. The van der Waals surface area contributed by atoms with Gasteiger partial charge in [-0.25, -0.2) is 9.97 Å². The highest BCUT2D eigenvalue weighted by Crippen LogP contribution is 2.27. The van der Waals surface area contributed by atoms with Crippen molar-refractivity contribution in [1.29, 1.82) is 0 Å². The largest absolute Gasteiger partial charge is 0.367 e. The molecule has 0 atom stereocenters. The molecule has 2 aromatic rings. The molecule has 0 radical (unpaired) electrons. The highest BCUT2D eigenvalue weighted by atomic mass is 16.6. The lowest BCUT2D eigenvalue weighted by atomic mass is 10.1. The van der Waals surface area contributed by atoms with Gasteiger partial charge >= 0.3 is 0 Å². The quantitative estimate of drug-likeness (QED) is 0.529. The zero-order valence-electron chi connectivity index (χ0n) is 11.8. The molecule has 0 aliphatic heterocycles. The van der Waals surface area contributed by atoms with Gasteiger partial charge in [0.2, 0.25) is 0 Å². The average molecular weight is 286 g/mol. The molecule has 21 heavy (non-hydrogen) atoms. The number of rotatable bonds is 3. The molecular formula is C15H18N4O2. The Kier molecular flexibility index (Phi) is 3.94. The summed E-state index contributed by atoms with van der Waals surface area (Å²) in [4.78, 5) is 19.0. The molecule has 1 saturated carbocycles. The molecular weight excluding hydrogens is 268 g/mol. The molecule has 6 nitrogen and oxygen atoms in total. The fourth-order valence-corrected chi connectivity index (χ4v) is 2.89. The third-order valence-corrected chi connectivity index (χ3v) is 4.03. The fraction of sp³-hybridized carbons (Fsp3) is 0.467. The second-order valence-corrected chi connectivity index (χ2v) is 5.51. The summed E-state index contributed by atoms with van der Waals surface area (Å²) in [5.41, 5.74) is 0.799. The molecule has 1 N–H and O–H groups in total. The van der Waals surface area contributed by atoms with Crippen molar-refractivity contribution >= 4 is 22.4 Å². The number of anilines is 1. The van der Waals surface area contributed by atoms with Crippen molar-refractivity contribution in [2.75, 3.05) is 5.32 Å². The molecule has 0 amide bonds. The van der Waals surface area contributed by atoms with Crippen LogP contribution in [0.3, 0.4) is 0 Å². The first kappa shape index (κ1) is 13.7. The van der Waals surface area contributed by atoms with Crippen LogP contribution in [-0.4, -0.2) is 20.9 Å². The number of hydrogen-bond acceptors (Lipinski definition) is 5. The first-order valence-corrected chi connectivity index (χ1v) is 7.40. The second kappa shape index (κ2) is 6.03. The van der Waals surface area contributed by atoms with Crippen molar-refractivity contribution in [3.63, 3.8) is 0 Å². The summed E-state index contributed by atoms with van der Waals surface area (Å²) in [5, 5.41) is 15.1. The average Bonchev–Trinajstić information content (AvgIpc) is 2.76. The molecule has 1 aliphatic carbocycles.